The maximum atomic E-state index is 11.6. The maximum absolute atomic E-state index is 11.6. The number of nitrogens with one attached hydrogen (secondary N) is 2. The molecule has 2 rings (SSSR count). The summed E-state index contributed by atoms with van der Waals surface area (Å²) in [6, 6.07) is 5.55. The van der Waals surface area contributed by atoms with Crippen LogP contribution in [0.25, 0.3) is 10.9 Å². The molecular formula is C13H14N2O4. The Hall–Kier alpha value is -2.50. The molecule has 1 aromatic carbocycles. The lowest BCUT2D eigenvalue weighted by Gasteiger charge is -2.05. The minimum absolute atomic E-state index is 0.105. The molecule has 0 aliphatic heterocycles. The molecule has 2 aromatic rings. The van der Waals surface area contributed by atoms with Crippen LogP contribution in [-0.4, -0.2) is 35.6 Å². The Labute approximate surface area is 109 Å². The van der Waals surface area contributed by atoms with Gasteiger partial charge in [0, 0.05) is 17.1 Å². The zero-order chi connectivity index (χ0) is 13.8. The predicted molar refractivity (Wildman–Crippen MR) is 69.2 cm³/mol. The highest BCUT2D eigenvalue weighted by molar-refractivity contribution is 5.93. The van der Waals surface area contributed by atoms with Crippen LogP contribution >= 0.6 is 0 Å². The second-order valence-electron chi connectivity index (χ2n) is 4.04. The second-order valence-corrected chi connectivity index (χ2v) is 4.04. The highest BCUT2D eigenvalue weighted by Gasteiger charge is 2.12. The van der Waals surface area contributed by atoms with Crippen molar-refractivity contribution in [2.75, 3.05) is 13.7 Å². The summed E-state index contributed by atoms with van der Waals surface area (Å²) in [4.78, 5) is 25.1. The van der Waals surface area contributed by atoms with Gasteiger partial charge in [-0.25, -0.2) is 0 Å². The number of methoxy groups -OCH3 is 1. The van der Waals surface area contributed by atoms with Crippen molar-refractivity contribution in [2.45, 2.75) is 6.42 Å². The smallest absolute Gasteiger partial charge is 0.322 e. The van der Waals surface area contributed by atoms with E-state index >= 15 is 0 Å². The van der Waals surface area contributed by atoms with Crippen molar-refractivity contribution < 1.29 is 19.4 Å². The van der Waals surface area contributed by atoms with E-state index in [4.69, 9.17) is 9.84 Å². The van der Waals surface area contributed by atoms with Gasteiger partial charge >= 0.3 is 5.97 Å². The average Bonchev–Trinajstić information content (AvgIpc) is 2.79. The zero-order valence-corrected chi connectivity index (χ0v) is 10.4. The lowest BCUT2D eigenvalue weighted by atomic mass is 10.1. The fraction of sp³-hybridized carbons (Fsp3) is 0.231. The van der Waals surface area contributed by atoms with Gasteiger partial charge in [0.1, 0.15) is 12.3 Å². The standard InChI is InChI=1S/C13H14N2O4/c1-19-10-4-2-3-9-13(10)8(6-14-9)5-11(16)15-7-12(17)18/h2-4,6,14H,5,7H2,1H3,(H,15,16)(H,17,18). The van der Waals surface area contributed by atoms with Gasteiger partial charge in [-0.15, -0.1) is 0 Å². The lowest BCUT2D eigenvalue weighted by Crippen LogP contribution is -2.30. The number of carbonyl (C=O) groups is 2. The van der Waals surface area contributed by atoms with Gasteiger partial charge in [0.25, 0.3) is 0 Å². The molecule has 1 aromatic heterocycles. The average molecular weight is 262 g/mol. The van der Waals surface area contributed by atoms with Gasteiger partial charge in [-0.3, -0.25) is 9.59 Å². The van der Waals surface area contributed by atoms with E-state index < -0.39 is 5.97 Å². The SMILES string of the molecule is COc1cccc2[nH]cc(CC(=O)NCC(=O)O)c12. The second kappa shape index (κ2) is 5.43. The number of hydrogen-bond acceptors (Lipinski definition) is 3. The van der Waals surface area contributed by atoms with Crippen molar-refractivity contribution in [1.29, 1.82) is 0 Å². The van der Waals surface area contributed by atoms with Crippen LogP contribution < -0.4 is 10.1 Å². The fourth-order valence-corrected chi connectivity index (χ4v) is 1.94. The lowest BCUT2D eigenvalue weighted by molar-refractivity contribution is -0.137. The molecule has 1 amide bonds. The van der Waals surface area contributed by atoms with Crippen LogP contribution in [0.2, 0.25) is 0 Å². The topological polar surface area (TPSA) is 91.4 Å². The summed E-state index contributed by atoms with van der Waals surface area (Å²) in [6.07, 6.45) is 1.83. The first-order valence-corrected chi connectivity index (χ1v) is 5.73. The molecule has 1 heterocycles. The number of ether oxygens (including phenoxy) is 1. The Bertz CT molecular complexity index is 618. The summed E-state index contributed by atoms with van der Waals surface area (Å²) < 4.78 is 5.26. The first-order valence-electron chi connectivity index (χ1n) is 5.73. The van der Waals surface area contributed by atoms with Crippen molar-refractivity contribution in [3.8, 4) is 5.75 Å². The van der Waals surface area contributed by atoms with Crippen molar-refractivity contribution in [3.63, 3.8) is 0 Å². The van der Waals surface area contributed by atoms with Crippen LogP contribution in [0.15, 0.2) is 24.4 Å². The maximum Gasteiger partial charge on any atom is 0.322 e. The Kier molecular flexibility index (Phi) is 3.70. The minimum Gasteiger partial charge on any atom is -0.496 e. The number of H-pyrrole nitrogens is 1. The van der Waals surface area contributed by atoms with Crippen LogP contribution in [0.1, 0.15) is 5.56 Å². The number of aromatic nitrogens is 1. The summed E-state index contributed by atoms with van der Waals surface area (Å²) in [5, 5.41) is 11.7. The highest BCUT2D eigenvalue weighted by atomic mass is 16.5. The Balaban J connectivity index is 2.21. The Morgan fingerprint density at radius 3 is 2.89 bits per heavy atom. The summed E-state index contributed by atoms with van der Waals surface area (Å²) in [7, 11) is 1.57. The zero-order valence-electron chi connectivity index (χ0n) is 10.4. The monoisotopic (exact) mass is 262 g/mol. The van der Waals surface area contributed by atoms with Crippen LogP contribution in [0.4, 0.5) is 0 Å². The van der Waals surface area contributed by atoms with Gasteiger partial charge in [0.05, 0.1) is 13.5 Å². The van der Waals surface area contributed by atoms with Crippen LogP contribution in [0.5, 0.6) is 5.75 Å². The van der Waals surface area contributed by atoms with E-state index in [1.54, 1.807) is 13.3 Å². The van der Waals surface area contributed by atoms with E-state index in [1.165, 1.54) is 0 Å². The summed E-state index contributed by atoms with van der Waals surface area (Å²) in [5.41, 5.74) is 1.65. The number of hydrogen-bond donors (Lipinski definition) is 3. The van der Waals surface area contributed by atoms with Crippen molar-refractivity contribution in [3.05, 3.63) is 30.0 Å². The molecule has 0 fully saturated rings. The molecule has 6 heteroatoms. The Morgan fingerprint density at radius 2 is 2.21 bits per heavy atom. The van der Waals surface area contributed by atoms with E-state index in [0.29, 0.717) is 5.75 Å². The molecule has 0 unspecified atom stereocenters. The number of carbonyl (C=O) groups excluding carboxylic acids is 1. The third kappa shape index (κ3) is 2.85. The van der Waals surface area contributed by atoms with E-state index in [-0.39, 0.29) is 18.9 Å². The van der Waals surface area contributed by atoms with Gasteiger partial charge in [0.2, 0.25) is 5.91 Å². The molecule has 0 aliphatic rings. The molecule has 100 valence electrons. The van der Waals surface area contributed by atoms with E-state index in [9.17, 15) is 9.59 Å². The number of fused-ring (bicyclic) bond motifs is 1. The molecule has 6 nitrogen and oxygen atoms in total. The third-order valence-corrected chi connectivity index (χ3v) is 2.76. The Morgan fingerprint density at radius 1 is 1.42 bits per heavy atom. The first kappa shape index (κ1) is 12.9. The van der Waals surface area contributed by atoms with Crippen molar-refractivity contribution >= 4 is 22.8 Å². The summed E-state index contributed by atoms with van der Waals surface area (Å²) in [5.74, 6) is -0.723. The minimum atomic E-state index is -1.06. The number of carboxylic acids is 1. The van der Waals surface area contributed by atoms with Crippen molar-refractivity contribution in [2.24, 2.45) is 0 Å². The molecule has 0 atom stereocenters. The molecule has 0 spiro atoms. The number of aliphatic carboxylic acids is 1. The van der Waals surface area contributed by atoms with Crippen LogP contribution in [0.3, 0.4) is 0 Å². The number of aromatic amines is 1. The van der Waals surface area contributed by atoms with Gasteiger partial charge < -0.3 is 20.1 Å². The fourth-order valence-electron chi connectivity index (χ4n) is 1.94. The van der Waals surface area contributed by atoms with Crippen LogP contribution in [-0.2, 0) is 16.0 Å². The van der Waals surface area contributed by atoms with Gasteiger partial charge in [0.15, 0.2) is 0 Å². The van der Waals surface area contributed by atoms with E-state index in [2.05, 4.69) is 10.3 Å². The van der Waals surface area contributed by atoms with Gasteiger partial charge in [-0.2, -0.15) is 0 Å². The van der Waals surface area contributed by atoms with Crippen molar-refractivity contribution in [1.82, 2.24) is 10.3 Å². The number of carboxylic acid groups (broad SMARTS) is 1. The predicted octanol–water partition coefficient (Wildman–Crippen LogP) is 0.920. The number of benzene rings is 1. The number of amides is 1. The largest absolute Gasteiger partial charge is 0.496 e. The van der Waals surface area contributed by atoms with E-state index in [1.807, 2.05) is 18.2 Å². The molecule has 19 heavy (non-hydrogen) atoms. The molecule has 0 radical (unpaired) electrons. The third-order valence-electron chi connectivity index (χ3n) is 2.76. The molecule has 0 aliphatic carbocycles. The summed E-state index contributed by atoms with van der Waals surface area (Å²) >= 11 is 0. The molecule has 0 saturated heterocycles. The normalized spacial score (nSPS) is 10.4. The van der Waals surface area contributed by atoms with Gasteiger partial charge in [-0.05, 0) is 17.7 Å². The quantitative estimate of drug-likeness (QED) is 0.747. The summed E-state index contributed by atoms with van der Waals surface area (Å²) in [6.45, 7) is -0.377. The molecular weight excluding hydrogens is 248 g/mol. The number of rotatable bonds is 5. The molecule has 0 bridgehead atoms. The molecule has 3 N–H and O–H groups in total. The molecule has 0 saturated carbocycles. The highest BCUT2D eigenvalue weighted by Crippen LogP contribution is 2.28. The van der Waals surface area contributed by atoms with Crippen LogP contribution in [0, 0.1) is 0 Å². The van der Waals surface area contributed by atoms with Gasteiger partial charge in [-0.1, -0.05) is 6.07 Å². The first-order chi connectivity index (χ1) is 9.11. The van der Waals surface area contributed by atoms with E-state index in [0.717, 1.165) is 16.5 Å².